The lowest BCUT2D eigenvalue weighted by Gasteiger charge is -2.11. The van der Waals surface area contributed by atoms with Crippen molar-refractivity contribution in [2.45, 2.75) is 18.4 Å². The highest BCUT2D eigenvalue weighted by atomic mass is 32.2. The minimum absolute atomic E-state index is 0.162. The summed E-state index contributed by atoms with van der Waals surface area (Å²) in [5, 5.41) is 0. The number of methoxy groups -OCH3 is 1. The largest absolute Gasteiger partial charge is 0.496 e. The molecular weight excluding hydrogens is 288 g/mol. The standard InChI is InChI=1S/C15H18N2O3S/c1-11-9-13(7-8-14(11)16)21(18,19)17-10-12-5-3-4-6-15(12)20-2/h3-9,17H,10,16H2,1-2H3. The summed E-state index contributed by atoms with van der Waals surface area (Å²) >= 11 is 0. The number of para-hydroxylation sites is 1. The van der Waals surface area contributed by atoms with Gasteiger partial charge in [-0.25, -0.2) is 13.1 Å². The van der Waals surface area contributed by atoms with Gasteiger partial charge in [0.2, 0.25) is 10.0 Å². The van der Waals surface area contributed by atoms with Crippen LogP contribution in [0, 0.1) is 6.92 Å². The topological polar surface area (TPSA) is 81.4 Å². The van der Waals surface area contributed by atoms with Gasteiger partial charge < -0.3 is 10.5 Å². The van der Waals surface area contributed by atoms with Gasteiger partial charge >= 0.3 is 0 Å². The molecule has 2 aromatic carbocycles. The van der Waals surface area contributed by atoms with E-state index in [9.17, 15) is 8.42 Å². The Labute approximate surface area is 124 Å². The lowest BCUT2D eigenvalue weighted by Crippen LogP contribution is -2.23. The van der Waals surface area contributed by atoms with Crippen LogP contribution in [0.5, 0.6) is 5.75 Å². The quantitative estimate of drug-likeness (QED) is 0.829. The lowest BCUT2D eigenvalue weighted by molar-refractivity contribution is 0.409. The zero-order valence-electron chi connectivity index (χ0n) is 12.0. The highest BCUT2D eigenvalue weighted by Gasteiger charge is 2.15. The molecule has 0 radical (unpaired) electrons. The lowest BCUT2D eigenvalue weighted by atomic mass is 10.2. The second-order valence-electron chi connectivity index (χ2n) is 4.65. The molecule has 0 heterocycles. The number of rotatable bonds is 5. The van der Waals surface area contributed by atoms with Crippen LogP contribution in [0.3, 0.4) is 0 Å². The first kappa shape index (κ1) is 15.3. The monoisotopic (exact) mass is 306 g/mol. The predicted molar refractivity (Wildman–Crippen MR) is 82.6 cm³/mol. The van der Waals surface area contributed by atoms with E-state index in [1.54, 1.807) is 32.2 Å². The Hall–Kier alpha value is -2.05. The summed E-state index contributed by atoms with van der Waals surface area (Å²) in [5.41, 5.74) is 7.78. The van der Waals surface area contributed by atoms with E-state index >= 15 is 0 Å². The fourth-order valence-electron chi connectivity index (χ4n) is 1.92. The van der Waals surface area contributed by atoms with Crippen molar-refractivity contribution < 1.29 is 13.2 Å². The third-order valence-electron chi connectivity index (χ3n) is 3.20. The smallest absolute Gasteiger partial charge is 0.240 e. The van der Waals surface area contributed by atoms with Crippen LogP contribution in [0.15, 0.2) is 47.4 Å². The van der Waals surface area contributed by atoms with Gasteiger partial charge in [0.15, 0.2) is 0 Å². The van der Waals surface area contributed by atoms with Gasteiger partial charge in [-0.1, -0.05) is 18.2 Å². The average Bonchev–Trinajstić information content (AvgIpc) is 2.48. The molecular formula is C15H18N2O3S. The van der Waals surface area contributed by atoms with E-state index in [-0.39, 0.29) is 11.4 Å². The molecule has 3 N–H and O–H groups in total. The molecule has 0 aromatic heterocycles. The summed E-state index contributed by atoms with van der Waals surface area (Å²) in [6, 6.07) is 11.9. The van der Waals surface area contributed by atoms with Crippen molar-refractivity contribution in [1.29, 1.82) is 0 Å². The number of hydrogen-bond donors (Lipinski definition) is 2. The molecule has 0 amide bonds. The fraction of sp³-hybridized carbons (Fsp3) is 0.200. The molecule has 0 fully saturated rings. The second-order valence-corrected chi connectivity index (χ2v) is 6.42. The molecule has 0 saturated carbocycles. The molecule has 0 spiro atoms. The van der Waals surface area contributed by atoms with Crippen LogP contribution in [-0.2, 0) is 16.6 Å². The maximum atomic E-state index is 12.3. The molecule has 6 heteroatoms. The molecule has 0 bridgehead atoms. The van der Waals surface area contributed by atoms with Crippen molar-refractivity contribution in [3.8, 4) is 5.75 Å². The number of nitrogen functional groups attached to an aromatic ring is 1. The van der Waals surface area contributed by atoms with E-state index in [4.69, 9.17) is 10.5 Å². The number of nitrogens with two attached hydrogens (primary N) is 1. The van der Waals surface area contributed by atoms with Gasteiger partial charge in [-0.15, -0.1) is 0 Å². The van der Waals surface area contributed by atoms with Crippen molar-refractivity contribution in [2.24, 2.45) is 0 Å². The maximum Gasteiger partial charge on any atom is 0.240 e. The van der Waals surface area contributed by atoms with Crippen LogP contribution in [0.25, 0.3) is 0 Å². The SMILES string of the molecule is COc1ccccc1CNS(=O)(=O)c1ccc(N)c(C)c1. The van der Waals surface area contributed by atoms with Crippen molar-refractivity contribution >= 4 is 15.7 Å². The van der Waals surface area contributed by atoms with E-state index < -0.39 is 10.0 Å². The third-order valence-corrected chi connectivity index (χ3v) is 4.60. The van der Waals surface area contributed by atoms with Crippen LogP contribution in [0.1, 0.15) is 11.1 Å². The van der Waals surface area contributed by atoms with E-state index in [1.165, 1.54) is 6.07 Å². The fourth-order valence-corrected chi connectivity index (χ4v) is 3.01. The van der Waals surface area contributed by atoms with Crippen molar-refractivity contribution in [2.75, 3.05) is 12.8 Å². The Morgan fingerprint density at radius 2 is 1.90 bits per heavy atom. The van der Waals surface area contributed by atoms with Gasteiger partial charge in [0.25, 0.3) is 0 Å². The number of benzene rings is 2. The number of ether oxygens (including phenoxy) is 1. The van der Waals surface area contributed by atoms with Crippen LogP contribution >= 0.6 is 0 Å². The molecule has 21 heavy (non-hydrogen) atoms. The predicted octanol–water partition coefficient (Wildman–Crippen LogP) is 2.06. The van der Waals surface area contributed by atoms with Gasteiger partial charge in [-0.2, -0.15) is 0 Å². The van der Waals surface area contributed by atoms with Gasteiger partial charge in [0.1, 0.15) is 5.75 Å². The number of anilines is 1. The van der Waals surface area contributed by atoms with Crippen LogP contribution in [-0.4, -0.2) is 15.5 Å². The minimum atomic E-state index is -3.58. The molecule has 0 saturated heterocycles. The van der Waals surface area contributed by atoms with Gasteiger partial charge in [-0.05, 0) is 36.8 Å². The van der Waals surface area contributed by atoms with Crippen LogP contribution < -0.4 is 15.2 Å². The van der Waals surface area contributed by atoms with Crippen molar-refractivity contribution in [3.63, 3.8) is 0 Å². The van der Waals surface area contributed by atoms with Gasteiger partial charge in [-0.3, -0.25) is 0 Å². The highest BCUT2D eigenvalue weighted by molar-refractivity contribution is 7.89. The second kappa shape index (κ2) is 6.15. The summed E-state index contributed by atoms with van der Waals surface area (Å²) < 4.78 is 32.3. The molecule has 0 aliphatic rings. The van der Waals surface area contributed by atoms with E-state index in [1.807, 2.05) is 18.2 Å². The number of hydrogen-bond acceptors (Lipinski definition) is 4. The van der Waals surface area contributed by atoms with Crippen LogP contribution in [0.4, 0.5) is 5.69 Å². The zero-order chi connectivity index (χ0) is 15.5. The summed E-state index contributed by atoms with van der Waals surface area (Å²) in [4.78, 5) is 0.198. The Balaban J connectivity index is 2.20. The molecule has 5 nitrogen and oxygen atoms in total. The Kier molecular flexibility index (Phi) is 4.50. The van der Waals surface area contributed by atoms with E-state index in [0.29, 0.717) is 11.4 Å². The molecule has 0 atom stereocenters. The van der Waals surface area contributed by atoms with Crippen LogP contribution in [0.2, 0.25) is 0 Å². The summed E-state index contributed by atoms with van der Waals surface area (Å²) in [6.45, 7) is 1.93. The third kappa shape index (κ3) is 3.53. The first-order valence-corrected chi connectivity index (χ1v) is 7.90. The van der Waals surface area contributed by atoms with Crippen molar-refractivity contribution in [1.82, 2.24) is 4.72 Å². The summed E-state index contributed by atoms with van der Waals surface area (Å²) in [6.07, 6.45) is 0. The summed E-state index contributed by atoms with van der Waals surface area (Å²) in [5.74, 6) is 0.647. The number of nitrogens with one attached hydrogen (secondary N) is 1. The zero-order valence-corrected chi connectivity index (χ0v) is 12.8. The Morgan fingerprint density at radius 3 is 2.57 bits per heavy atom. The molecule has 2 aromatic rings. The summed E-state index contributed by atoms with van der Waals surface area (Å²) in [7, 11) is -2.03. The number of aryl methyl sites for hydroxylation is 1. The van der Waals surface area contributed by atoms with Crippen molar-refractivity contribution in [3.05, 3.63) is 53.6 Å². The van der Waals surface area contributed by atoms with E-state index in [2.05, 4.69) is 4.72 Å². The molecule has 0 aliphatic heterocycles. The normalized spacial score (nSPS) is 11.3. The van der Waals surface area contributed by atoms with E-state index in [0.717, 1.165) is 11.1 Å². The highest BCUT2D eigenvalue weighted by Crippen LogP contribution is 2.19. The molecule has 0 aliphatic carbocycles. The molecule has 112 valence electrons. The average molecular weight is 306 g/mol. The van der Waals surface area contributed by atoms with Gasteiger partial charge in [0, 0.05) is 17.8 Å². The molecule has 2 rings (SSSR count). The number of sulfonamides is 1. The Bertz CT molecular complexity index is 742. The minimum Gasteiger partial charge on any atom is -0.496 e. The maximum absolute atomic E-state index is 12.3. The van der Waals surface area contributed by atoms with Gasteiger partial charge in [0.05, 0.1) is 12.0 Å². The first-order valence-electron chi connectivity index (χ1n) is 6.42. The Morgan fingerprint density at radius 1 is 1.19 bits per heavy atom. The molecule has 0 unspecified atom stereocenters. The first-order chi connectivity index (χ1) is 9.94.